The van der Waals surface area contributed by atoms with Crippen molar-refractivity contribution >= 4 is 30.7 Å². The Morgan fingerprint density at radius 2 is 1.90 bits per heavy atom. The highest BCUT2D eigenvalue weighted by molar-refractivity contribution is 5.85. The fourth-order valence-corrected chi connectivity index (χ4v) is 2.81. The highest BCUT2D eigenvalue weighted by Gasteiger charge is 2.27. The van der Waals surface area contributed by atoms with Gasteiger partial charge in [-0.1, -0.05) is 6.42 Å². The summed E-state index contributed by atoms with van der Waals surface area (Å²) in [4.78, 5) is 16.8. The van der Waals surface area contributed by atoms with Gasteiger partial charge >= 0.3 is 0 Å². The van der Waals surface area contributed by atoms with Gasteiger partial charge in [-0.25, -0.2) is 0 Å². The third kappa shape index (κ3) is 6.70. The van der Waals surface area contributed by atoms with Gasteiger partial charge in [0.2, 0.25) is 5.91 Å². The lowest BCUT2D eigenvalue weighted by atomic mass is 10.0. The number of halogens is 2. The number of piperidine rings is 1. The number of hydrogen-bond donors (Lipinski definition) is 1. The van der Waals surface area contributed by atoms with Gasteiger partial charge in [-0.3, -0.25) is 9.69 Å². The van der Waals surface area contributed by atoms with E-state index in [0.717, 1.165) is 58.9 Å². The highest BCUT2D eigenvalue weighted by Crippen LogP contribution is 2.11. The molecule has 0 unspecified atom stereocenters. The molecule has 2 rings (SSSR count). The summed E-state index contributed by atoms with van der Waals surface area (Å²) in [7, 11) is 0. The molecule has 0 aliphatic carbocycles. The minimum absolute atomic E-state index is 0. The summed E-state index contributed by atoms with van der Waals surface area (Å²) in [5.74, 6) is 0.309. The Morgan fingerprint density at radius 3 is 2.48 bits per heavy atom. The predicted molar refractivity (Wildman–Crippen MR) is 89.7 cm³/mol. The van der Waals surface area contributed by atoms with E-state index >= 15 is 0 Å². The molecule has 2 aliphatic rings. The molecule has 1 atom stereocenters. The lowest BCUT2D eigenvalue weighted by Gasteiger charge is -2.37. The zero-order valence-electron chi connectivity index (χ0n) is 12.9. The molecule has 0 saturated carbocycles. The summed E-state index contributed by atoms with van der Waals surface area (Å²) in [5, 5.41) is 3.34. The van der Waals surface area contributed by atoms with Gasteiger partial charge in [-0.15, -0.1) is 24.8 Å². The molecular formula is C14H29Cl2N3O2. The van der Waals surface area contributed by atoms with Crippen LogP contribution in [0.15, 0.2) is 0 Å². The summed E-state index contributed by atoms with van der Waals surface area (Å²) in [6.45, 7) is 9.26. The average molecular weight is 342 g/mol. The molecule has 0 bridgehead atoms. The second-order valence-corrected chi connectivity index (χ2v) is 5.37. The van der Waals surface area contributed by atoms with E-state index < -0.39 is 0 Å². The van der Waals surface area contributed by atoms with Crippen LogP contribution in [0.1, 0.15) is 26.2 Å². The second-order valence-electron chi connectivity index (χ2n) is 5.37. The topological polar surface area (TPSA) is 44.8 Å². The Labute approximate surface area is 140 Å². The smallest absolute Gasteiger partial charge is 0.239 e. The number of piperazine rings is 1. The van der Waals surface area contributed by atoms with Crippen LogP contribution in [0.25, 0.3) is 0 Å². The maximum Gasteiger partial charge on any atom is 0.239 e. The van der Waals surface area contributed by atoms with Crippen LogP contribution in [0.3, 0.4) is 0 Å². The number of hydrogen-bond acceptors (Lipinski definition) is 4. The molecule has 0 aromatic carbocycles. The van der Waals surface area contributed by atoms with Crippen molar-refractivity contribution in [2.24, 2.45) is 0 Å². The minimum atomic E-state index is 0. The average Bonchev–Trinajstić information content (AvgIpc) is 2.48. The molecule has 1 N–H and O–H groups in total. The summed E-state index contributed by atoms with van der Waals surface area (Å²) in [5.41, 5.74) is 0. The Balaban J connectivity index is 0.00000200. The molecule has 2 saturated heterocycles. The van der Waals surface area contributed by atoms with Gasteiger partial charge in [0.05, 0.1) is 12.6 Å². The van der Waals surface area contributed by atoms with E-state index in [9.17, 15) is 4.79 Å². The van der Waals surface area contributed by atoms with Crippen LogP contribution in [-0.4, -0.2) is 74.2 Å². The number of carbonyl (C=O) groups excluding carboxylic acids is 1. The van der Waals surface area contributed by atoms with Gasteiger partial charge in [0.25, 0.3) is 0 Å². The largest absolute Gasteiger partial charge is 0.380 e. The lowest BCUT2D eigenvalue weighted by Crippen LogP contribution is -2.55. The molecule has 0 aromatic rings. The number of rotatable bonds is 5. The number of nitrogens with one attached hydrogen (secondary N) is 1. The quantitative estimate of drug-likeness (QED) is 0.762. The van der Waals surface area contributed by atoms with Crippen LogP contribution < -0.4 is 5.32 Å². The fourth-order valence-electron chi connectivity index (χ4n) is 2.81. The molecule has 21 heavy (non-hydrogen) atoms. The van der Waals surface area contributed by atoms with Gasteiger partial charge in [-0.2, -0.15) is 0 Å². The molecular weight excluding hydrogens is 313 g/mol. The van der Waals surface area contributed by atoms with Crippen LogP contribution in [0.4, 0.5) is 0 Å². The van der Waals surface area contributed by atoms with Crippen molar-refractivity contribution in [2.75, 3.05) is 52.5 Å². The van der Waals surface area contributed by atoms with Crippen molar-refractivity contribution in [3.8, 4) is 0 Å². The van der Waals surface area contributed by atoms with Gasteiger partial charge in [0.15, 0.2) is 0 Å². The summed E-state index contributed by atoms with van der Waals surface area (Å²) in [6.07, 6.45) is 3.39. The van der Waals surface area contributed by atoms with Crippen molar-refractivity contribution in [3.05, 3.63) is 0 Å². The first-order valence-corrected chi connectivity index (χ1v) is 7.63. The van der Waals surface area contributed by atoms with Crippen molar-refractivity contribution in [1.82, 2.24) is 15.1 Å². The molecule has 2 fully saturated rings. The normalized spacial score (nSPS) is 23.1. The summed E-state index contributed by atoms with van der Waals surface area (Å²) < 4.78 is 5.37. The van der Waals surface area contributed by atoms with Crippen molar-refractivity contribution in [1.29, 1.82) is 0 Å². The first kappa shape index (κ1) is 20.9. The summed E-state index contributed by atoms with van der Waals surface area (Å²) >= 11 is 0. The standard InChI is InChI=1S/C14H27N3O2.2ClH/c1-2-19-12-11-16-7-9-17(10-8-16)14(18)13-5-3-4-6-15-13;;/h13,15H,2-12H2,1H3;2*1H/t13-;;/m1../s1. The lowest BCUT2D eigenvalue weighted by molar-refractivity contribution is -0.135. The zero-order valence-corrected chi connectivity index (χ0v) is 14.5. The van der Waals surface area contributed by atoms with Gasteiger partial charge < -0.3 is 15.0 Å². The second kappa shape index (κ2) is 11.5. The molecule has 126 valence electrons. The number of nitrogens with zero attached hydrogens (tertiary/aromatic N) is 2. The minimum Gasteiger partial charge on any atom is -0.380 e. The first-order chi connectivity index (χ1) is 9.31. The number of carbonyl (C=O) groups is 1. The maximum absolute atomic E-state index is 12.3. The first-order valence-electron chi connectivity index (χ1n) is 7.63. The highest BCUT2D eigenvalue weighted by atomic mass is 35.5. The number of ether oxygens (including phenoxy) is 1. The Kier molecular flexibility index (Phi) is 11.5. The fraction of sp³-hybridized carbons (Fsp3) is 0.929. The van der Waals surface area contributed by atoms with E-state index in [1.165, 1.54) is 12.8 Å². The molecule has 0 aromatic heterocycles. The molecule has 7 heteroatoms. The van der Waals surface area contributed by atoms with Gasteiger partial charge in [0, 0.05) is 39.3 Å². The van der Waals surface area contributed by atoms with Crippen molar-refractivity contribution in [3.63, 3.8) is 0 Å². The van der Waals surface area contributed by atoms with Gasteiger partial charge in [0.1, 0.15) is 0 Å². The predicted octanol–water partition coefficient (Wildman–Crippen LogP) is 1.15. The van der Waals surface area contributed by atoms with Crippen LogP contribution in [0.2, 0.25) is 0 Å². The van der Waals surface area contributed by atoms with E-state index in [2.05, 4.69) is 10.2 Å². The Bertz CT molecular complexity index is 281. The van der Waals surface area contributed by atoms with E-state index in [4.69, 9.17) is 4.74 Å². The molecule has 0 spiro atoms. The Morgan fingerprint density at radius 1 is 1.19 bits per heavy atom. The monoisotopic (exact) mass is 341 g/mol. The molecule has 0 radical (unpaired) electrons. The summed E-state index contributed by atoms with van der Waals surface area (Å²) in [6, 6.07) is 0.0729. The third-order valence-corrected chi connectivity index (χ3v) is 4.05. The van der Waals surface area contributed by atoms with E-state index in [-0.39, 0.29) is 30.9 Å². The SMILES string of the molecule is CCOCCN1CCN(C(=O)[C@H]2CCCCN2)CC1.Cl.Cl. The van der Waals surface area contributed by atoms with E-state index in [1.807, 2.05) is 11.8 Å². The van der Waals surface area contributed by atoms with Gasteiger partial charge in [-0.05, 0) is 26.3 Å². The van der Waals surface area contributed by atoms with Crippen LogP contribution in [-0.2, 0) is 9.53 Å². The molecule has 2 aliphatic heterocycles. The Hall–Kier alpha value is -0.0700. The van der Waals surface area contributed by atoms with Crippen molar-refractivity contribution in [2.45, 2.75) is 32.2 Å². The molecule has 5 nitrogen and oxygen atoms in total. The van der Waals surface area contributed by atoms with Crippen LogP contribution >= 0.6 is 24.8 Å². The zero-order chi connectivity index (χ0) is 13.5. The van der Waals surface area contributed by atoms with Crippen LogP contribution in [0.5, 0.6) is 0 Å². The van der Waals surface area contributed by atoms with E-state index in [1.54, 1.807) is 0 Å². The maximum atomic E-state index is 12.3. The van der Waals surface area contributed by atoms with Crippen LogP contribution in [0, 0.1) is 0 Å². The van der Waals surface area contributed by atoms with E-state index in [0.29, 0.717) is 5.91 Å². The molecule has 2 heterocycles. The number of amides is 1. The third-order valence-electron chi connectivity index (χ3n) is 4.05. The van der Waals surface area contributed by atoms with Crippen molar-refractivity contribution < 1.29 is 9.53 Å². The molecule has 1 amide bonds.